The van der Waals surface area contributed by atoms with Crippen molar-refractivity contribution in [1.82, 2.24) is 25.9 Å². The molecule has 0 fully saturated rings. The number of nitrogens with zero attached hydrogens (tertiary/aromatic N) is 1. The van der Waals surface area contributed by atoms with Crippen LogP contribution in [0, 0.1) is 0 Å². The van der Waals surface area contributed by atoms with E-state index in [0.717, 1.165) is 0 Å². The van der Waals surface area contributed by atoms with Crippen LogP contribution in [-0.2, 0) is 35.2 Å². The normalized spacial score (nSPS) is 15.0. The zero-order valence-electron chi connectivity index (χ0n) is 19.6. The van der Waals surface area contributed by atoms with Crippen molar-refractivity contribution in [3.05, 3.63) is 18.2 Å². The van der Waals surface area contributed by atoms with Crippen molar-refractivity contribution < 1.29 is 39.0 Å². The van der Waals surface area contributed by atoms with E-state index in [1.165, 1.54) is 19.4 Å². The highest BCUT2D eigenvalue weighted by molar-refractivity contribution is 5.94. The average molecular weight is 513 g/mol. The summed E-state index contributed by atoms with van der Waals surface area (Å²) in [6.45, 7) is 1.19. The number of aromatic amines is 1. The number of aliphatic hydroxyl groups is 1. The Bertz CT molecular complexity index is 936. The zero-order valence-corrected chi connectivity index (χ0v) is 19.6. The second-order valence-corrected chi connectivity index (χ2v) is 8.08. The van der Waals surface area contributed by atoms with Gasteiger partial charge in [0, 0.05) is 31.2 Å². The van der Waals surface area contributed by atoms with Gasteiger partial charge in [-0.2, -0.15) is 0 Å². The number of carbonyl (C=O) groups is 6. The number of aromatic nitrogens is 2. The van der Waals surface area contributed by atoms with Gasteiger partial charge in [0.15, 0.2) is 0 Å². The van der Waals surface area contributed by atoms with Gasteiger partial charge in [0.05, 0.1) is 18.5 Å². The number of rotatable bonds is 16. The van der Waals surface area contributed by atoms with Gasteiger partial charge in [-0.15, -0.1) is 0 Å². The van der Waals surface area contributed by atoms with Crippen LogP contribution in [0.4, 0.5) is 0 Å². The summed E-state index contributed by atoms with van der Waals surface area (Å²) < 4.78 is 0. The van der Waals surface area contributed by atoms with Gasteiger partial charge < -0.3 is 48.3 Å². The highest BCUT2D eigenvalue weighted by Gasteiger charge is 2.33. The third-order valence-electron chi connectivity index (χ3n) is 5.01. The molecule has 0 aliphatic carbocycles. The molecule has 12 N–H and O–H groups in total. The SMILES string of the molecule is CC(O)C(NC(=O)C(Cc1cnc[nH]1)NC(=O)C(N)CCC(N)=O)C(=O)NC(CCC(N)=O)C(=O)O. The van der Waals surface area contributed by atoms with Gasteiger partial charge in [-0.25, -0.2) is 9.78 Å². The highest BCUT2D eigenvalue weighted by Crippen LogP contribution is 2.05. The number of carbonyl (C=O) groups excluding carboxylic acids is 5. The number of H-pyrrole nitrogens is 1. The second-order valence-electron chi connectivity index (χ2n) is 8.08. The molecule has 5 unspecified atom stereocenters. The lowest BCUT2D eigenvalue weighted by Gasteiger charge is -2.26. The Morgan fingerprint density at radius 1 is 0.944 bits per heavy atom. The summed E-state index contributed by atoms with van der Waals surface area (Å²) >= 11 is 0. The maximum absolute atomic E-state index is 13.0. The molecule has 16 nitrogen and oxygen atoms in total. The van der Waals surface area contributed by atoms with Crippen LogP contribution in [0.3, 0.4) is 0 Å². The van der Waals surface area contributed by atoms with Gasteiger partial charge >= 0.3 is 5.97 Å². The van der Waals surface area contributed by atoms with E-state index in [4.69, 9.17) is 17.2 Å². The van der Waals surface area contributed by atoms with Gasteiger partial charge in [0.25, 0.3) is 0 Å². The number of aliphatic carboxylic acids is 1. The van der Waals surface area contributed by atoms with Crippen LogP contribution >= 0.6 is 0 Å². The van der Waals surface area contributed by atoms with E-state index in [0.29, 0.717) is 5.69 Å². The van der Waals surface area contributed by atoms with Gasteiger partial charge in [0.2, 0.25) is 29.5 Å². The van der Waals surface area contributed by atoms with Crippen molar-refractivity contribution in [2.45, 2.75) is 69.3 Å². The molecule has 1 aromatic heterocycles. The third kappa shape index (κ3) is 10.5. The van der Waals surface area contributed by atoms with Crippen LogP contribution in [0.2, 0.25) is 0 Å². The van der Waals surface area contributed by atoms with Crippen LogP contribution in [0.5, 0.6) is 0 Å². The summed E-state index contributed by atoms with van der Waals surface area (Å²) in [7, 11) is 0. The molecule has 1 rings (SSSR count). The van der Waals surface area contributed by atoms with E-state index >= 15 is 0 Å². The van der Waals surface area contributed by atoms with E-state index < -0.39 is 65.8 Å². The first-order valence-corrected chi connectivity index (χ1v) is 10.9. The summed E-state index contributed by atoms with van der Waals surface area (Å²) in [5.41, 5.74) is 16.3. The minimum absolute atomic E-state index is 0.0693. The van der Waals surface area contributed by atoms with Crippen molar-refractivity contribution in [1.29, 1.82) is 0 Å². The first kappa shape index (κ1) is 30.0. The van der Waals surface area contributed by atoms with E-state index in [9.17, 15) is 39.0 Å². The molecule has 0 aliphatic rings. The number of carboxylic acids is 1. The molecule has 0 bridgehead atoms. The third-order valence-corrected chi connectivity index (χ3v) is 5.01. The number of primary amides is 2. The Balaban J connectivity index is 2.99. The minimum Gasteiger partial charge on any atom is -0.480 e. The number of carboxylic acid groups (broad SMARTS) is 1. The number of hydrogen-bond acceptors (Lipinski definition) is 9. The lowest BCUT2D eigenvalue weighted by molar-refractivity contribution is -0.143. The smallest absolute Gasteiger partial charge is 0.326 e. The molecule has 0 radical (unpaired) electrons. The van der Waals surface area contributed by atoms with Crippen LogP contribution in [0.1, 0.15) is 38.3 Å². The van der Waals surface area contributed by atoms with Crippen molar-refractivity contribution >= 4 is 35.5 Å². The van der Waals surface area contributed by atoms with Gasteiger partial charge in [-0.3, -0.25) is 24.0 Å². The molecule has 1 heterocycles. The maximum Gasteiger partial charge on any atom is 0.326 e. The highest BCUT2D eigenvalue weighted by atomic mass is 16.4. The Morgan fingerprint density at radius 3 is 2.03 bits per heavy atom. The largest absolute Gasteiger partial charge is 0.480 e. The summed E-state index contributed by atoms with van der Waals surface area (Å²) in [5.74, 6) is -5.60. The molecule has 16 heteroatoms. The number of nitrogens with one attached hydrogen (secondary N) is 4. The number of aliphatic hydroxyl groups excluding tert-OH is 1. The predicted molar refractivity (Wildman–Crippen MR) is 122 cm³/mol. The van der Waals surface area contributed by atoms with Gasteiger partial charge in [-0.05, 0) is 19.8 Å². The molecule has 200 valence electrons. The van der Waals surface area contributed by atoms with Gasteiger partial charge in [0.1, 0.15) is 18.1 Å². The summed E-state index contributed by atoms with van der Waals surface area (Å²) in [5, 5.41) is 26.2. The van der Waals surface area contributed by atoms with Crippen molar-refractivity contribution in [3.63, 3.8) is 0 Å². The summed E-state index contributed by atoms with van der Waals surface area (Å²) in [4.78, 5) is 78.1. The number of imidazole rings is 1. The van der Waals surface area contributed by atoms with Gasteiger partial charge in [-0.1, -0.05) is 0 Å². The standard InChI is InChI=1S/C20H32N8O8/c1-9(29)16(19(34)26-12(20(35)36)3-5-15(23)31)28-18(33)13(6-10-7-24-8-25-10)27-17(32)11(21)2-4-14(22)30/h7-9,11-13,16,29H,2-6,21H2,1H3,(H2,22,30)(H2,23,31)(H,24,25)(H,26,34)(H,27,32)(H,28,33)(H,35,36). The lowest BCUT2D eigenvalue weighted by atomic mass is 10.1. The quantitative estimate of drug-likeness (QED) is 0.103. The topological polar surface area (TPSA) is 286 Å². The first-order chi connectivity index (χ1) is 16.8. The zero-order chi connectivity index (χ0) is 27.4. The van der Waals surface area contributed by atoms with E-state index in [1.807, 2.05) is 0 Å². The lowest BCUT2D eigenvalue weighted by Crippen LogP contribution is -2.60. The first-order valence-electron chi connectivity index (χ1n) is 10.9. The van der Waals surface area contributed by atoms with Crippen LogP contribution < -0.4 is 33.2 Å². The van der Waals surface area contributed by atoms with Crippen molar-refractivity contribution in [2.24, 2.45) is 17.2 Å². The van der Waals surface area contributed by atoms with E-state index in [2.05, 4.69) is 25.9 Å². The second kappa shape index (κ2) is 14.4. The Hall–Kier alpha value is -4.05. The van der Waals surface area contributed by atoms with Crippen molar-refractivity contribution in [3.8, 4) is 0 Å². The number of hydrogen-bond donors (Lipinski definition) is 9. The fraction of sp³-hybridized carbons (Fsp3) is 0.550. The molecular formula is C20H32N8O8. The fourth-order valence-corrected chi connectivity index (χ4v) is 3.00. The van der Waals surface area contributed by atoms with Crippen LogP contribution in [0.25, 0.3) is 0 Å². The monoisotopic (exact) mass is 512 g/mol. The molecule has 5 amide bonds. The molecule has 0 saturated carbocycles. The molecule has 0 aromatic carbocycles. The van der Waals surface area contributed by atoms with Crippen LogP contribution in [-0.4, -0.2) is 86.0 Å². The molecular weight excluding hydrogens is 480 g/mol. The average Bonchev–Trinajstić information content (AvgIpc) is 3.30. The predicted octanol–water partition coefficient (Wildman–Crippen LogP) is -4.27. The fourth-order valence-electron chi connectivity index (χ4n) is 3.00. The van der Waals surface area contributed by atoms with Crippen LogP contribution in [0.15, 0.2) is 12.5 Å². The maximum atomic E-state index is 13.0. The summed E-state index contributed by atoms with van der Waals surface area (Å²) in [6, 6.07) is -5.58. The summed E-state index contributed by atoms with van der Waals surface area (Å²) in [6.07, 6.45) is 0.307. The molecule has 0 aliphatic heterocycles. The number of amides is 5. The van der Waals surface area contributed by atoms with Crippen molar-refractivity contribution in [2.75, 3.05) is 0 Å². The molecule has 0 spiro atoms. The Labute approximate surface area is 205 Å². The minimum atomic E-state index is -1.61. The molecule has 5 atom stereocenters. The number of nitrogens with two attached hydrogens (primary N) is 3. The Kier molecular flexibility index (Phi) is 12.0. The molecule has 1 aromatic rings. The van der Waals surface area contributed by atoms with E-state index in [-0.39, 0.29) is 32.1 Å². The molecule has 0 saturated heterocycles. The van der Waals surface area contributed by atoms with E-state index in [1.54, 1.807) is 0 Å². The molecule has 36 heavy (non-hydrogen) atoms. The Morgan fingerprint density at radius 2 is 1.53 bits per heavy atom.